The molecule has 4 rings (SSSR count). The number of rotatable bonds is 2. The van der Waals surface area contributed by atoms with Crippen LogP contribution in [0.1, 0.15) is 6.42 Å². The molecule has 1 unspecified atom stereocenters. The molecule has 2 aliphatic heterocycles. The Morgan fingerprint density at radius 2 is 1.86 bits per heavy atom. The molecule has 10 heteroatoms. The normalized spacial score (nSPS) is 20.2. The third kappa shape index (κ3) is 3.44. The Balaban J connectivity index is 1.86. The molecule has 0 saturated carbocycles. The van der Waals surface area contributed by atoms with Crippen LogP contribution in [0.3, 0.4) is 0 Å². The molecule has 1 fully saturated rings. The Labute approximate surface area is 158 Å². The lowest BCUT2D eigenvalue weighted by Crippen LogP contribution is -2.50. The second kappa shape index (κ2) is 7.08. The van der Waals surface area contributed by atoms with E-state index in [1.807, 2.05) is 0 Å². The van der Waals surface area contributed by atoms with Crippen molar-refractivity contribution in [2.45, 2.75) is 25.2 Å². The fourth-order valence-electron chi connectivity index (χ4n) is 3.58. The van der Waals surface area contributed by atoms with E-state index in [2.05, 4.69) is 4.98 Å². The molecule has 1 saturated heterocycles. The number of morpholine rings is 1. The van der Waals surface area contributed by atoms with Gasteiger partial charge in [0.05, 0.1) is 13.2 Å². The van der Waals surface area contributed by atoms with Gasteiger partial charge in [0.15, 0.2) is 0 Å². The number of benzene rings is 1. The summed E-state index contributed by atoms with van der Waals surface area (Å²) in [6.45, 7) is 1.75. The molecule has 1 aromatic heterocycles. The van der Waals surface area contributed by atoms with Gasteiger partial charge in [-0.2, -0.15) is 18.2 Å². The van der Waals surface area contributed by atoms with Gasteiger partial charge in [-0.1, -0.05) is 6.07 Å². The van der Waals surface area contributed by atoms with Crippen LogP contribution in [0.2, 0.25) is 0 Å². The van der Waals surface area contributed by atoms with Gasteiger partial charge in [0.25, 0.3) is 5.56 Å². The van der Waals surface area contributed by atoms with Gasteiger partial charge in [-0.05, 0) is 24.6 Å². The smallest absolute Gasteiger partial charge is 0.378 e. The van der Waals surface area contributed by atoms with Crippen LogP contribution in [-0.2, 0) is 11.3 Å². The van der Waals surface area contributed by atoms with Crippen molar-refractivity contribution in [3.63, 3.8) is 0 Å². The molecule has 2 aliphatic rings. The van der Waals surface area contributed by atoms with Crippen LogP contribution in [0.25, 0.3) is 0 Å². The number of halogens is 4. The molecule has 150 valence electrons. The van der Waals surface area contributed by atoms with Crippen LogP contribution in [0.15, 0.2) is 35.1 Å². The lowest BCUT2D eigenvalue weighted by Gasteiger charge is -2.39. The van der Waals surface area contributed by atoms with Crippen molar-refractivity contribution in [3.8, 4) is 0 Å². The van der Waals surface area contributed by atoms with E-state index < -0.39 is 23.6 Å². The number of aromatic nitrogens is 2. The summed E-state index contributed by atoms with van der Waals surface area (Å²) in [4.78, 5) is 19.7. The fourth-order valence-corrected chi connectivity index (χ4v) is 3.58. The van der Waals surface area contributed by atoms with Gasteiger partial charge in [-0.15, -0.1) is 0 Å². The number of alkyl halides is 3. The van der Waals surface area contributed by atoms with Crippen molar-refractivity contribution >= 4 is 17.5 Å². The van der Waals surface area contributed by atoms with Crippen LogP contribution in [0.4, 0.5) is 35.0 Å². The third-order valence-electron chi connectivity index (χ3n) is 4.93. The van der Waals surface area contributed by atoms with Gasteiger partial charge in [-0.3, -0.25) is 14.3 Å². The maximum Gasteiger partial charge on any atom is 0.409 e. The SMILES string of the molecule is O=c1cc(N2CCOCC2)nc2n1CCC(C(F)(F)F)N2c1cccc(F)c1. The van der Waals surface area contributed by atoms with E-state index >= 15 is 0 Å². The topological polar surface area (TPSA) is 50.6 Å². The zero-order valence-corrected chi connectivity index (χ0v) is 14.8. The second-order valence-corrected chi connectivity index (χ2v) is 6.70. The molecule has 2 aromatic rings. The summed E-state index contributed by atoms with van der Waals surface area (Å²) >= 11 is 0. The minimum atomic E-state index is -4.57. The van der Waals surface area contributed by atoms with E-state index in [1.54, 1.807) is 4.90 Å². The number of hydrogen-bond donors (Lipinski definition) is 0. The van der Waals surface area contributed by atoms with E-state index in [4.69, 9.17) is 4.74 Å². The highest BCUT2D eigenvalue weighted by Crippen LogP contribution is 2.39. The molecule has 6 nitrogen and oxygen atoms in total. The highest BCUT2D eigenvalue weighted by atomic mass is 19.4. The van der Waals surface area contributed by atoms with Crippen LogP contribution < -0.4 is 15.4 Å². The van der Waals surface area contributed by atoms with Gasteiger partial charge < -0.3 is 9.64 Å². The highest BCUT2D eigenvalue weighted by Gasteiger charge is 2.47. The van der Waals surface area contributed by atoms with Gasteiger partial charge in [0.2, 0.25) is 5.95 Å². The number of hydrogen-bond acceptors (Lipinski definition) is 5. The zero-order valence-electron chi connectivity index (χ0n) is 14.8. The van der Waals surface area contributed by atoms with Crippen LogP contribution in [0.5, 0.6) is 0 Å². The molecule has 28 heavy (non-hydrogen) atoms. The Kier molecular flexibility index (Phi) is 4.74. The first kappa shape index (κ1) is 18.7. The molecule has 0 N–H and O–H groups in total. The summed E-state index contributed by atoms with van der Waals surface area (Å²) in [5.41, 5.74) is -0.435. The maximum atomic E-state index is 13.8. The average molecular weight is 398 g/mol. The summed E-state index contributed by atoms with van der Waals surface area (Å²) in [5.74, 6) is -0.501. The van der Waals surface area contributed by atoms with Crippen LogP contribution >= 0.6 is 0 Å². The monoisotopic (exact) mass is 398 g/mol. The number of anilines is 3. The zero-order chi connectivity index (χ0) is 19.9. The molecular formula is C18H18F4N4O2. The predicted molar refractivity (Wildman–Crippen MR) is 94.5 cm³/mol. The molecule has 0 radical (unpaired) electrons. The van der Waals surface area contributed by atoms with E-state index in [0.29, 0.717) is 32.1 Å². The molecule has 1 atom stereocenters. The lowest BCUT2D eigenvalue weighted by atomic mass is 10.1. The predicted octanol–water partition coefficient (Wildman–Crippen LogP) is 2.69. The Bertz CT molecular complexity index is 925. The molecule has 0 spiro atoms. The fraction of sp³-hybridized carbons (Fsp3) is 0.444. The standard InChI is InChI=1S/C18H18F4N4O2/c19-12-2-1-3-13(10-12)26-14(18(20,21)22)4-5-25-16(27)11-15(23-17(25)26)24-6-8-28-9-7-24/h1-3,10-11,14H,4-9H2. The summed E-state index contributed by atoms with van der Waals surface area (Å²) in [5, 5.41) is 0. The van der Waals surface area contributed by atoms with Crippen LogP contribution in [-0.4, -0.2) is 48.1 Å². The van der Waals surface area contributed by atoms with Crippen molar-refractivity contribution in [3.05, 3.63) is 46.5 Å². The Hall–Kier alpha value is -2.62. The largest absolute Gasteiger partial charge is 0.409 e. The maximum absolute atomic E-state index is 13.8. The summed E-state index contributed by atoms with van der Waals surface area (Å²) < 4.78 is 61.5. The lowest BCUT2D eigenvalue weighted by molar-refractivity contribution is -0.150. The summed E-state index contributed by atoms with van der Waals surface area (Å²) in [6.07, 6.45) is -4.89. The van der Waals surface area contributed by atoms with Gasteiger partial charge in [0.1, 0.15) is 17.7 Å². The van der Waals surface area contributed by atoms with Gasteiger partial charge in [-0.25, -0.2) is 4.39 Å². The van der Waals surface area contributed by atoms with Gasteiger partial charge in [0, 0.05) is 31.4 Å². The first-order chi connectivity index (χ1) is 13.3. The highest BCUT2D eigenvalue weighted by molar-refractivity contribution is 5.61. The average Bonchev–Trinajstić information content (AvgIpc) is 2.67. The first-order valence-electron chi connectivity index (χ1n) is 8.91. The number of nitrogens with zero attached hydrogens (tertiary/aromatic N) is 4. The summed E-state index contributed by atoms with van der Waals surface area (Å²) in [7, 11) is 0. The third-order valence-corrected chi connectivity index (χ3v) is 4.93. The number of ether oxygens (including phenoxy) is 1. The molecular weight excluding hydrogens is 380 g/mol. The summed E-state index contributed by atoms with van der Waals surface area (Å²) in [6, 6.07) is 4.31. The molecule has 0 aliphatic carbocycles. The van der Waals surface area contributed by atoms with Crippen molar-refractivity contribution in [2.24, 2.45) is 0 Å². The van der Waals surface area contributed by atoms with E-state index in [1.165, 1.54) is 22.8 Å². The van der Waals surface area contributed by atoms with Crippen LogP contribution in [0, 0.1) is 5.82 Å². The minimum absolute atomic E-state index is 0.00167. The molecule has 0 amide bonds. The Morgan fingerprint density at radius 3 is 2.54 bits per heavy atom. The Morgan fingerprint density at radius 1 is 1.11 bits per heavy atom. The van der Waals surface area contributed by atoms with Crippen molar-refractivity contribution in [1.82, 2.24) is 9.55 Å². The number of fused-ring (bicyclic) bond motifs is 1. The van der Waals surface area contributed by atoms with E-state index in [0.717, 1.165) is 17.0 Å². The quantitative estimate of drug-likeness (QED) is 0.729. The minimum Gasteiger partial charge on any atom is -0.378 e. The second-order valence-electron chi connectivity index (χ2n) is 6.70. The van der Waals surface area contributed by atoms with Gasteiger partial charge >= 0.3 is 6.18 Å². The van der Waals surface area contributed by atoms with E-state index in [-0.39, 0.29) is 24.6 Å². The molecule has 3 heterocycles. The first-order valence-corrected chi connectivity index (χ1v) is 8.91. The van der Waals surface area contributed by atoms with Crippen molar-refractivity contribution in [1.29, 1.82) is 0 Å². The van der Waals surface area contributed by atoms with Crippen molar-refractivity contribution < 1.29 is 22.3 Å². The molecule has 0 bridgehead atoms. The van der Waals surface area contributed by atoms with Crippen molar-refractivity contribution in [2.75, 3.05) is 36.1 Å². The van der Waals surface area contributed by atoms with E-state index in [9.17, 15) is 22.4 Å². The molecule has 1 aromatic carbocycles.